The predicted octanol–water partition coefficient (Wildman–Crippen LogP) is 2.77. The molecule has 1 atom stereocenters. The standard InChI is InChI=1S/C12H11BrFN3O2/c1-6(12-16-7(2)17-19-12)15-11(18)9-4-3-8(13)5-10(9)14/h3-6H,1-2H3,(H,15,18). The van der Waals surface area contributed by atoms with Crippen molar-refractivity contribution in [1.29, 1.82) is 0 Å². The quantitative estimate of drug-likeness (QED) is 0.941. The largest absolute Gasteiger partial charge is 0.340 e. The number of nitrogens with zero attached hydrogens (tertiary/aromatic N) is 2. The fourth-order valence-electron chi connectivity index (χ4n) is 1.50. The third-order valence-corrected chi connectivity index (χ3v) is 2.93. The Balaban J connectivity index is 2.12. The van der Waals surface area contributed by atoms with Crippen LogP contribution >= 0.6 is 15.9 Å². The molecule has 0 aliphatic rings. The molecule has 0 saturated heterocycles. The van der Waals surface area contributed by atoms with Crippen molar-refractivity contribution in [2.75, 3.05) is 0 Å². The molecule has 1 aromatic heterocycles. The van der Waals surface area contributed by atoms with Gasteiger partial charge in [0.25, 0.3) is 5.91 Å². The maximum absolute atomic E-state index is 13.6. The van der Waals surface area contributed by atoms with Crippen molar-refractivity contribution < 1.29 is 13.7 Å². The first kappa shape index (κ1) is 13.7. The number of hydrogen-bond acceptors (Lipinski definition) is 4. The third kappa shape index (κ3) is 3.17. The summed E-state index contributed by atoms with van der Waals surface area (Å²) >= 11 is 3.13. The van der Waals surface area contributed by atoms with E-state index in [1.54, 1.807) is 19.9 Å². The second-order valence-electron chi connectivity index (χ2n) is 4.00. The number of hydrogen-bond donors (Lipinski definition) is 1. The van der Waals surface area contributed by atoms with Crippen LogP contribution in [0, 0.1) is 12.7 Å². The van der Waals surface area contributed by atoms with E-state index in [0.29, 0.717) is 10.3 Å². The Labute approximate surface area is 117 Å². The number of amides is 1. The molecule has 0 aliphatic heterocycles. The second kappa shape index (κ2) is 5.48. The molecule has 19 heavy (non-hydrogen) atoms. The first-order valence-corrected chi connectivity index (χ1v) is 6.33. The first-order chi connectivity index (χ1) is 8.97. The molecule has 1 N–H and O–H groups in total. The topological polar surface area (TPSA) is 68.0 Å². The van der Waals surface area contributed by atoms with Gasteiger partial charge in [-0.2, -0.15) is 4.98 Å². The van der Waals surface area contributed by atoms with Crippen LogP contribution in [0.25, 0.3) is 0 Å². The van der Waals surface area contributed by atoms with Gasteiger partial charge in [-0.3, -0.25) is 4.79 Å². The van der Waals surface area contributed by atoms with E-state index in [4.69, 9.17) is 4.52 Å². The van der Waals surface area contributed by atoms with Gasteiger partial charge < -0.3 is 9.84 Å². The number of aryl methyl sites for hydroxylation is 1. The third-order valence-electron chi connectivity index (χ3n) is 2.44. The van der Waals surface area contributed by atoms with Gasteiger partial charge in [0.1, 0.15) is 11.9 Å². The van der Waals surface area contributed by atoms with Crippen LogP contribution in [0.2, 0.25) is 0 Å². The van der Waals surface area contributed by atoms with Crippen molar-refractivity contribution in [3.8, 4) is 0 Å². The summed E-state index contributed by atoms with van der Waals surface area (Å²) in [6.45, 7) is 3.36. The molecule has 0 aliphatic carbocycles. The van der Waals surface area contributed by atoms with E-state index >= 15 is 0 Å². The minimum Gasteiger partial charge on any atom is -0.340 e. The SMILES string of the molecule is Cc1noc(C(C)NC(=O)c2ccc(Br)cc2F)n1. The molecule has 0 spiro atoms. The molecule has 2 rings (SSSR count). The van der Waals surface area contributed by atoms with Crippen LogP contribution in [-0.2, 0) is 0 Å². The van der Waals surface area contributed by atoms with Gasteiger partial charge in [0.2, 0.25) is 5.89 Å². The highest BCUT2D eigenvalue weighted by Gasteiger charge is 2.18. The average molecular weight is 328 g/mol. The lowest BCUT2D eigenvalue weighted by molar-refractivity contribution is 0.0928. The molecule has 0 fully saturated rings. The number of carbonyl (C=O) groups excluding carboxylic acids is 1. The van der Waals surface area contributed by atoms with Gasteiger partial charge in [0, 0.05) is 4.47 Å². The Morgan fingerprint density at radius 3 is 2.84 bits per heavy atom. The van der Waals surface area contributed by atoms with E-state index in [9.17, 15) is 9.18 Å². The first-order valence-electron chi connectivity index (χ1n) is 5.53. The second-order valence-corrected chi connectivity index (χ2v) is 4.91. The summed E-state index contributed by atoms with van der Waals surface area (Å²) in [6.07, 6.45) is 0. The number of carbonyl (C=O) groups is 1. The van der Waals surface area contributed by atoms with Gasteiger partial charge in [0.05, 0.1) is 5.56 Å². The highest BCUT2D eigenvalue weighted by Crippen LogP contribution is 2.16. The van der Waals surface area contributed by atoms with E-state index in [1.807, 2.05) is 0 Å². The molecule has 1 aromatic carbocycles. The zero-order valence-corrected chi connectivity index (χ0v) is 11.9. The predicted molar refractivity (Wildman–Crippen MR) is 69.0 cm³/mol. The van der Waals surface area contributed by atoms with Crippen LogP contribution in [0.3, 0.4) is 0 Å². The van der Waals surface area contributed by atoms with Crippen molar-refractivity contribution in [1.82, 2.24) is 15.5 Å². The van der Waals surface area contributed by atoms with Crippen LogP contribution < -0.4 is 5.32 Å². The average Bonchev–Trinajstić information content (AvgIpc) is 2.75. The lowest BCUT2D eigenvalue weighted by Gasteiger charge is -2.10. The van der Waals surface area contributed by atoms with E-state index in [0.717, 1.165) is 0 Å². The summed E-state index contributed by atoms with van der Waals surface area (Å²) in [7, 11) is 0. The number of aromatic nitrogens is 2. The lowest BCUT2D eigenvalue weighted by atomic mass is 10.2. The van der Waals surface area contributed by atoms with Crippen LogP contribution in [0.15, 0.2) is 27.2 Å². The van der Waals surface area contributed by atoms with Crippen molar-refractivity contribution in [3.63, 3.8) is 0 Å². The molecular formula is C12H11BrFN3O2. The smallest absolute Gasteiger partial charge is 0.254 e. The summed E-state index contributed by atoms with van der Waals surface area (Å²) in [5.74, 6) is -0.372. The molecule has 0 saturated carbocycles. The zero-order chi connectivity index (χ0) is 14.0. The highest BCUT2D eigenvalue weighted by molar-refractivity contribution is 9.10. The Kier molecular flexibility index (Phi) is 3.94. The monoisotopic (exact) mass is 327 g/mol. The fourth-order valence-corrected chi connectivity index (χ4v) is 1.83. The molecule has 7 heteroatoms. The molecule has 1 heterocycles. The van der Waals surface area contributed by atoms with Gasteiger partial charge in [0.15, 0.2) is 5.82 Å². The summed E-state index contributed by atoms with van der Waals surface area (Å²) in [4.78, 5) is 15.9. The Hall–Kier alpha value is -1.76. The minimum atomic E-state index is -0.596. The van der Waals surface area contributed by atoms with Gasteiger partial charge in [-0.1, -0.05) is 21.1 Å². The van der Waals surface area contributed by atoms with Crippen molar-refractivity contribution >= 4 is 21.8 Å². The molecule has 0 radical (unpaired) electrons. The highest BCUT2D eigenvalue weighted by atomic mass is 79.9. The van der Waals surface area contributed by atoms with Gasteiger partial charge >= 0.3 is 0 Å². The number of halogens is 2. The van der Waals surface area contributed by atoms with Crippen LogP contribution in [0.5, 0.6) is 0 Å². The van der Waals surface area contributed by atoms with E-state index in [-0.39, 0.29) is 11.5 Å². The van der Waals surface area contributed by atoms with Crippen LogP contribution in [-0.4, -0.2) is 16.0 Å². The fraction of sp³-hybridized carbons (Fsp3) is 0.250. The molecule has 0 bridgehead atoms. The molecule has 100 valence electrons. The maximum atomic E-state index is 13.6. The summed E-state index contributed by atoms with van der Waals surface area (Å²) < 4.78 is 19.1. The molecule has 1 amide bonds. The number of nitrogens with one attached hydrogen (secondary N) is 1. The molecular weight excluding hydrogens is 317 g/mol. The van der Waals surface area contributed by atoms with Crippen LogP contribution in [0.4, 0.5) is 4.39 Å². The molecule has 1 unspecified atom stereocenters. The van der Waals surface area contributed by atoms with Gasteiger partial charge in [-0.15, -0.1) is 0 Å². The van der Waals surface area contributed by atoms with Gasteiger partial charge in [-0.25, -0.2) is 4.39 Å². The van der Waals surface area contributed by atoms with Crippen molar-refractivity contribution in [3.05, 3.63) is 45.8 Å². The minimum absolute atomic E-state index is 0.0358. The summed E-state index contributed by atoms with van der Waals surface area (Å²) in [6, 6.07) is 3.74. The van der Waals surface area contributed by atoms with Crippen LogP contribution in [0.1, 0.15) is 35.0 Å². The molecule has 2 aromatic rings. The Bertz CT molecular complexity index is 615. The summed E-state index contributed by atoms with van der Waals surface area (Å²) in [5, 5.41) is 6.22. The normalized spacial score (nSPS) is 12.2. The maximum Gasteiger partial charge on any atom is 0.254 e. The lowest BCUT2D eigenvalue weighted by Crippen LogP contribution is -2.27. The molecule has 5 nitrogen and oxygen atoms in total. The summed E-state index contributed by atoms with van der Waals surface area (Å²) in [5.41, 5.74) is -0.0358. The zero-order valence-electron chi connectivity index (χ0n) is 10.3. The Morgan fingerprint density at radius 2 is 2.26 bits per heavy atom. The van der Waals surface area contributed by atoms with E-state index < -0.39 is 17.8 Å². The Morgan fingerprint density at radius 1 is 1.53 bits per heavy atom. The number of rotatable bonds is 3. The van der Waals surface area contributed by atoms with Crippen molar-refractivity contribution in [2.24, 2.45) is 0 Å². The van der Waals surface area contributed by atoms with E-state index in [2.05, 4.69) is 31.4 Å². The van der Waals surface area contributed by atoms with Gasteiger partial charge in [-0.05, 0) is 32.0 Å². The number of benzene rings is 1. The van der Waals surface area contributed by atoms with E-state index in [1.165, 1.54) is 12.1 Å². The van der Waals surface area contributed by atoms with Crippen molar-refractivity contribution in [2.45, 2.75) is 19.9 Å².